The predicted molar refractivity (Wildman–Crippen MR) is 77.1 cm³/mol. The summed E-state index contributed by atoms with van der Waals surface area (Å²) in [5.74, 6) is 1.63. The number of nitrogens with zero attached hydrogens (tertiary/aromatic N) is 5. The second kappa shape index (κ2) is 5.91. The van der Waals surface area contributed by atoms with Crippen LogP contribution in [0, 0.1) is 0 Å². The molecule has 104 valence electrons. The molecule has 0 spiro atoms. The second-order valence-electron chi connectivity index (χ2n) is 4.07. The number of rotatable bonds is 4. The summed E-state index contributed by atoms with van der Waals surface area (Å²) in [7, 11) is 1.58. The van der Waals surface area contributed by atoms with E-state index < -0.39 is 0 Å². The highest BCUT2D eigenvalue weighted by molar-refractivity contribution is 5.61. The summed E-state index contributed by atoms with van der Waals surface area (Å²) in [6, 6.07) is 7.24. The van der Waals surface area contributed by atoms with Crippen molar-refractivity contribution in [2.45, 2.75) is 0 Å². The predicted octanol–water partition coefficient (Wildman–Crippen LogP) is 2.08. The van der Waals surface area contributed by atoms with Gasteiger partial charge in [-0.1, -0.05) is 0 Å². The smallest absolute Gasteiger partial charge is 0.228 e. The zero-order valence-corrected chi connectivity index (χ0v) is 11.3. The fraction of sp³-hybridized carbons (Fsp3) is 0.0714. The Bertz CT molecular complexity index is 734. The number of aromatic nitrogens is 5. The van der Waals surface area contributed by atoms with Gasteiger partial charge in [0, 0.05) is 30.2 Å². The maximum absolute atomic E-state index is 5.12. The molecule has 0 bridgehead atoms. The van der Waals surface area contributed by atoms with E-state index in [0.29, 0.717) is 17.6 Å². The van der Waals surface area contributed by atoms with Gasteiger partial charge in [-0.3, -0.25) is 0 Å². The molecule has 3 aromatic heterocycles. The molecule has 3 aromatic rings. The minimum absolute atomic E-state index is 0.460. The molecule has 21 heavy (non-hydrogen) atoms. The van der Waals surface area contributed by atoms with Crippen LogP contribution in [0.3, 0.4) is 0 Å². The maximum atomic E-state index is 5.12. The van der Waals surface area contributed by atoms with Crippen LogP contribution in [0.4, 0.5) is 11.8 Å². The lowest BCUT2D eigenvalue weighted by atomic mass is 10.2. The van der Waals surface area contributed by atoms with Crippen molar-refractivity contribution in [1.82, 2.24) is 24.9 Å². The number of pyridine rings is 1. The Hall–Kier alpha value is -3.09. The largest absolute Gasteiger partial charge is 0.481 e. The van der Waals surface area contributed by atoms with Crippen LogP contribution >= 0.6 is 0 Å². The van der Waals surface area contributed by atoms with Crippen molar-refractivity contribution in [2.24, 2.45) is 0 Å². The summed E-state index contributed by atoms with van der Waals surface area (Å²) in [6.45, 7) is 0. The van der Waals surface area contributed by atoms with E-state index in [4.69, 9.17) is 4.74 Å². The van der Waals surface area contributed by atoms with Gasteiger partial charge in [-0.2, -0.15) is 0 Å². The van der Waals surface area contributed by atoms with Crippen LogP contribution in [-0.2, 0) is 0 Å². The molecule has 0 saturated heterocycles. The summed E-state index contributed by atoms with van der Waals surface area (Å²) < 4.78 is 5.12. The molecule has 0 amide bonds. The molecule has 3 heterocycles. The SMILES string of the molecule is COc1cc(-c2ccnc(Nc3ccncn3)n2)ccn1. The van der Waals surface area contributed by atoms with E-state index in [1.54, 1.807) is 31.8 Å². The second-order valence-corrected chi connectivity index (χ2v) is 4.07. The lowest BCUT2D eigenvalue weighted by Gasteiger charge is -2.06. The number of hydrogen-bond donors (Lipinski definition) is 1. The molecule has 0 saturated carbocycles. The topological polar surface area (TPSA) is 85.7 Å². The number of ether oxygens (including phenoxy) is 1. The van der Waals surface area contributed by atoms with Crippen LogP contribution < -0.4 is 10.1 Å². The fourth-order valence-corrected chi connectivity index (χ4v) is 1.74. The third kappa shape index (κ3) is 3.08. The molecule has 0 aromatic carbocycles. The lowest BCUT2D eigenvalue weighted by molar-refractivity contribution is 0.398. The van der Waals surface area contributed by atoms with Crippen molar-refractivity contribution < 1.29 is 4.74 Å². The molecule has 1 N–H and O–H groups in total. The lowest BCUT2D eigenvalue weighted by Crippen LogP contribution is -1.99. The van der Waals surface area contributed by atoms with Gasteiger partial charge in [-0.25, -0.2) is 24.9 Å². The molecule has 7 heteroatoms. The Morgan fingerprint density at radius 3 is 2.71 bits per heavy atom. The average molecular weight is 280 g/mol. The van der Waals surface area contributed by atoms with Gasteiger partial charge in [0.25, 0.3) is 0 Å². The fourth-order valence-electron chi connectivity index (χ4n) is 1.74. The van der Waals surface area contributed by atoms with Gasteiger partial charge in [0.2, 0.25) is 11.8 Å². The van der Waals surface area contributed by atoms with Crippen molar-refractivity contribution in [1.29, 1.82) is 0 Å². The Kier molecular flexibility index (Phi) is 3.64. The first-order valence-electron chi connectivity index (χ1n) is 6.21. The van der Waals surface area contributed by atoms with E-state index >= 15 is 0 Å². The van der Waals surface area contributed by atoms with Crippen LogP contribution in [-0.4, -0.2) is 32.0 Å². The molecular formula is C14H12N6O. The normalized spacial score (nSPS) is 10.1. The van der Waals surface area contributed by atoms with Gasteiger partial charge in [0.15, 0.2) is 0 Å². The van der Waals surface area contributed by atoms with Gasteiger partial charge in [0.1, 0.15) is 12.1 Å². The Labute approximate surface area is 121 Å². The van der Waals surface area contributed by atoms with Gasteiger partial charge in [0.05, 0.1) is 12.8 Å². The van der Waals surface area contributed by atoms with Crippen LogP contribution in [0.1, 0.15) is 0 Å². The Balaban J connectivity index is 1.89. The first kappa shape index (κ1) is 12.9. The monoisotopic (exact) mass is 280 g/mol. The van der Waals surface area contributed by atoms with Gasteiger partial charge in [-0.05, 0) is 18.2 Å². The molecule has 0 fully saturated rings. The Morgan fingerprint density at radius 2 is 1.90 bits per heavy atom. The highest BCUT2D eigenvalue weighted by Gasteiger charge is 2.05. The maximum Gasteiger partial charge on any atom is 0.228 e. The van der Waals surface area contributed by atoms with E-state index in [9.17, 15) is 0 Å². The molecule has 0 atom stereocenters. The van der Waals surface area contributed by atoms with Crippen LogP contribution in [0.2, 0.25) is 0 Å². The third-order valence-electron chi connectivity index (χ3n) is 2.72. The number of hydrogen-bond acceptors (Lipinski definition) is 7. The minimum Gasteiger partial charge on any atom is -0.481 e. The summed E-state index contributed by atoms with van der Waals surface area (Å²) >= 11 is 0. The van der Waals surface area contributed by atoms with E-state index in [2.05, 4.69) is 30.2 Å². The summed E-state index contributed by atoms with van der Waals surface area (Å²) in [6.07, 6.45) is 6.46. The van der Waals surface area contributed by atoms with Gasteiger partial charge < -0.3 is 10.1 Å². The summed E-state index contributed by atoms with van der Waals surface area (Å²) in [5, 5.41) is 3.02. The van der Waals surface area contributed by atoms with Crippen molar-refractivity contribution in [3.63, 3.8) is 0 Å². The standard InChI is InChI=1S/C14H12N6O/c1-21-13-8-10(2-6-16-13)11-3-7-17-14(19-11)20-12-4-5-15-9-18-12/h2-9H,1H3,(H,15,17,18,19,20). The quantitative estimate of drug-likeness (QED) is 0.783. The molecule has 7 nitrogen and oxygen atoms in total. The minimum atomic E-state index is 0.460. The summed E-state index contributed by atoms with van der Waals surface area (Å²) in [5.41, 5.74) is 1.66. The summed E-state index contributed by atoms with van der Waals surface area (Å²) in [4.78, 5) is 20.6. The third-order valence-corrected chi connectivity index (χ3v) is 2.72. The van der Waals surface area contributed by atoms with Crippen molar-refractivity contribution >= 4 is 11.8 Å². The highest BCUT2D eigenvalue weighted by Crippen LogP contribution is 2.21. The molecule has 0 radical (unpaired) electrons. The van der Waals surface area contributed by atoms with E-state index in [-0.39, 0.29) is 0 Å². The molecular weight excluding hydrogens is 268 g/mol. The van der Waals surface area contributed by atoms with Crippen LogP contribution in [0.5, 0.6) is 5.88 Å². The van der Waals surface area contributed by atoms with Gasteiger partial charge in [-0.15, -0.1) is 0 Å². The molecule has 3 rings (SSSR count). The van der Waals surface area contributed by atoms with Crippen molar-refractivity contribution in [3.05, 3.63) is 49.2 Å². The first-order chi connectivity index (χ1) is 10.3. The van der Waals surface area contributed by atoms with Crippen molar-refractivity contribution in [3.8, 4) is 17.1 Å². The number of anilines is 2. The molecule has 0 aliphatic rings. The highest BCUT2D eigenvalue weighted by atomic mass is 16.5. The van der Waals surface area contributed by atoms with Gasteiger partial charge >= 0.3 is 0 Å². The molecule has 0 aliphatic carbocycles. The van der Waals surface area contributed by atoms with E-state index in [1.165, 1.54) is 6.33 Å². The van der Waals surface area contributed by atoms with E-state index in [1.807, 2.05) is 18.2 Å². The number of methoxy groups -OCH3 is 1. The molecule has 0 aliphatic heterocycles. The Morgan fingerprint density at radius 1 is 1.00 bits per heavy atom. The average Bonchev–Trinajstić information content (AvgIpc) is 2.56. The zero-order valence-electron chi connectivity index (χ0n) is 11.3. The number of nitrogens with one attached hydrogen (secondary N) is 1. The molecule has 0 unspecified atom stereocenters. The van der Waals surface area contributed by atoms with Crippen LogP contribution in [0.15, 0.2) is 49.2 Å². The van der Waals surface area contributed by atoms with Crippen molar-refractivity contribution in [2.75, 3.05) is 12.4 Å². The first-order valence-corrected chi connectivity index (χ1v) is 6.21. The van der Waals surface area contributed by atoms with Crippen LogP contribution in [0.25, 0.3) is 11.3 Å². The van der Waals surface area contributed by atoms with E-state index in [0.717, 1.165) is 11.3 Å². The zero-order chi connectivity index (χ0) is 14.5.